The van der Waals surface area contributed by atoms with Crippen molar-refractivity contribution in [2.45, 2.75) is 5.16 Å². The molecule has 0 bridgehead atoms. The molecule has 0 N–H and O–H groups in total. The van der Waals surface area contributed by atoms with E-state index in [0.29, 0.717) is 16.2 Å². The van der Waals surface area contributed by atoms with Crippen LogP contribution in [0.2, 0.25) is 0 Å². The third-order valence-electron chi connectivity index (χ3n) is 2.00. The van der Waals surface area contributed by atoms with Gasteiger partial charge in [-0.2, -0.15) is 0 Å². The molecule has 0 aliphatic rings. The minimum atomic E-state index is -3.30. The van der Waals surface area contributed by atoms with Gasteiger partial charge in [-0.05, 0) is 18.4 Å². The topological polar surface area (TPSA) is 52.0 Å². The molecule has 2 aromatic rings. The molecule has 1 aromatic heterocycles. The van der Waals surface area contributed by atoms with Gasteiger partial charge in [0.25, 0.3) is 0 Å². The van der Waals surface area contributed by atoms with E-state index in [2.05, 4.69) is 4.98 Å². The van der Waals surface area contributed by atoms with Gasteiger partial charge < -0.3 is 0 Å². The maximum absolute atomic E-state index is 11.6. The number of thioether (sulfide) groups is 1. The van der Waals surface area contributed by atoms with Gasteiger partial charge in [0.15, 0.2) is 5.16 Å². The summed E-state index contributed by atoms with van der Waals surface area (Å²) in [6.45, 7) is 0. The predicted molar refractivity (Wildman–Crippen MR) is 61.8 cm³/mol. The van der Waals surface area contributed by atoms with Crippen molar-refractivity contribution in [3.05, 3.63) is 24.3 Å². The molecule has 6 heteroatoms. The normalized spacial score (nSPS) is 12.1. The Balaban J connectivity index is 2.91. The molecule has 0 fully saturated rings. The van der Waals surface area contributed by atoms with Gasteiger partial charge in [0, 0.05) is 0 Å². The largest absolute Gasteiger partial charge is 0.238 e. The zero-order valence-electron chi connectivity index (χ0n) is 8.34. The smallest absolute Gasteiger partial charge is 0.222 e. The lowest BCUT2D eigenvalue weighted by molar-refractivity contribution is 0.590. The van der Waals surface area contributed by atoms with Gasteiger partial charge in [0.1, 0.15) is 0 Å². The van der Waals surface area contributed by atoms with Crippen molar-refractivity contribution in [3.63, 3.8) is 0 Å². The van der Waals surface area contributed by atoms with E-state index in [1.54, 1.807) is 18.2 Å². The summed E-state index contributed by atoms with van der Waals surface area (Å²) in [5, 5.41) is 0.499. The SMILES string of the molecule is CSc1nc2ccccc2n1S(C)(=O)=O. The second kappa shape index (κ2) is 3.53. The van der Waals surface area contributed by atoms with Gasteiger partial charge >= 0.3 is 0 Å². The highest BCUT2D eigenvalue weighted by Gasteiger charge is 2.16. The molecule has 1 aromatic carbocycles. The second-order valence-corrected chi connectivity index (χ2v) is 5.72. The molecule has 0 spiro atoms. The summed E-state index contributed by atoms with van der Waals surface area (Å²) in [7, 11) is -3.30. The second-order valence-electron chi connectivity index (χ2n) is 3.11. The number of nitrogens with zero attached hydrogens (tertiary/aromatic N) is 2. The Morgan fingerprint density at radius 3 is 2.60 bits per heavy atom. The first-order valence-electron chi connectivity index (χ1n) is 4.26. The molecule has 0 amide bonds. The lowest BCUT2D eigenvalue weighted by Crippen LogP contribution is -2.10. The van der Waals surface area contributed by atoms with Crippen molar-refractivity contribution in [1.82, 2.24) is 8.96 Å². The Hall–Kier alpha value is -1.01. The average molecular weight is 242 g/mol. The lowest BCUT2D eigenvalue weighted by atomic mass is 10.3. The van der Waals surface area contributed by atoms with Crippen LogP contribution < -0.4 is 0 Å². The van der Waals surface area contributed by atoms with Crippen LogP contribution in [-0.2, 0) is 10.0 Å². The Kier molecular flexibility index (Phi) is 2.47. The van der Waals surface area contributed by atoms with Crippen LogP contribution in [0.25, 0.3) is 11.0 Å². The number of aromatic nitrogens is 2. The molecule has 0 saturated carbocycles. The molecule has 1 heterocycles. The fourth-order valence-electron chi connectivity index (χ4n) is 1.43. The minimum Gasteiger partial charge on any atom is -0.222 e. The Labute approximate surface area is 92.4 Å². The summed E-state index contributed by atoms with van der Waals surface area (Å²) >= 11 is 1.32. The highest BCUT2D eigenvalue weighted by Crippen LogP contribution is 2.23. The summed E-state index contributed by atoms with van der Waals surface area (Å²) in [5.74, 6) is 0. The third kappa shape index (κ3) is 1.74. The fraction of sp³-hybridized carbons (Fsp3) is 0.222. The van der Waals surface area contributed by atoms with Gasteiger partial charge in [-0.15, -0.1) is 0 Å². The summed E-state index contributed by atoms with van der Waals surface area (Å²) in [6.07, 6.45) is 2.99. The summed E-state index contributed by atoms with van der Waals surface area (Å²) in [6, 6.07) is 7.20. The molecular weight excluding hydrogens is 232 g/mol. The first kappa shape index (κ1) is 10.5. The molecule has 80 valence electrons. The standard InChI is InChI=1S/C9H10N2O2S2/c1-14-9-10-7-5-3-4-6-8(7)11(9)15(2,12)13/h3-6H,1-2H3. The highest BCUT2D eigenvalue weighted by atomic mass is 32.2. The van der Waals surface area contributed by atoms with Gasteiger partial charge in [0.05, 0.1) is 17.3 Å². The Morgan fingerprint density at radius 1 is 1.33 bits per heavy atom. The van der Waals surface area contributed by atoms with Gasteiger partial charge in [-0.25, -0.2) is 17.4 Å². The third-order valence-corrected chi connectivity index (χ3v) is 3.79. The molecule has 4 nitrogen and oxygen atoms in total. The number of imidazole rings is 1. The summed E-state index contributed by atoms with van der Waals surface area (Å²) in [4.78, 5) is 4.24. The van der Waals surface area contributed by atoms with E-state index in [-0.39, 0.29) is 0 Å². The average Bonchev–Trinajstić information content (AvgIpc) is 2.54. The minimum absolute atomic E-state index is 0.499. The maximum atomic E-state index is 11.6. The summed E-state index contributed by atoms with van der Waals surface area (Å²) in [5.41, 5.74) is 1.33. The van der Waals surface area contributed by atoms with Gasteiger partial charge in [-0.3, -0.25) is 0 Å². The van der Waals surface area contributed by atoms with Crippen molar-refractivity contribution in [2.75, 3.05) is 12.5 Å². The van der Waals surface area contributed by atoms with Crippen LogP contribution in [0, 0.1) is 0 Å². The zero-order chi connectivity index (χ0) is 11.1. The number of hydrogen-bond acceptors (Lipinski definition) is 4. The van der Waals surface area contributed by atoms with Crippen molar-refractivity contribution in [2.24, 2.45) is 0 Å². The van der Waals surface area contributed by atoms with Crippen LogP contribution in [0.1, 0.15) is 0 Å². The predicted octanol–water partition coefficient (Wildman–Crippen LogP) is 1.57. The van der Waals surface area contributed by atoms with Gasteiger partial charge in [0.2, 0.25) is 10.0 Å². The molecule has 15 heavy (non-hydrogen) atoms. The van der Waals surface area contributed by atoms with E-state index in [4.69, 9.17) is 0 Å². The maximum Gasteiger partial charge on any atom is 0.238 e. The van der Waals surface area contributed by atoms with E-state index in [9.17, 15) is 8.42 Å². The molecule has 0 unspecified atom stereocenters. The molecule has 0 atom stereocenters. The van der Waals surface area contributed by atoms with E-state index in [1.165, 1.54) is 22.0 Å². The van der Waals surface area contributed by atoms with Gasteiger partial charge in [-0.1, -0.05) is 23.9 Å². The number of hydrogen-bond donors (Lipinski definition) is 0. The number of fused-ring (bicyclic) bond motifs is 1. The quantitative estimate of drug-likeness (QED) is 0.750. The van der Waals surface area contributed by atoms with Crippen LogP contribution in [-0.4, -0.2) is 29.9 Å². The fourth-order valence-corrected chi connectivity index (χ4v) is 3.35. The zero-order valence-corrected chi connectivity index (χ0v) is 9.97. The first-order valence-corrected chi connectivity index (χ1v) is 7.33. The van der Waals surface area contributed by atoms with Crippen molar-refractivity contribution >= 4 is 32.8 Å². The van der Waals surface area contributed by atoms with Crippen LogP contribution in [0.5, 0.6) is 0 Å². The van der Waals surface area contributed by atoms with Crippen molar-refractivity contribution in [1.29, 1.82) is 0 Å². The molecule has 0 radical (unpaired) electrons. The number of para-hydroxylation sites is 2. The summed E-state index contributed by atoms with van der Waals surface area (Å²) < 4.78 is 24.5. The first-order chi connectivity index (χ1) is 7.04. The molecular formula is C9H10N2O2S2. The van der Waals surface area contributed by atoms with Crippen LogP contribution in [0.15, 0.2) is 29.4 Å². The molecule has 0 saturated heterocycles. The Bertz CT molecular complexity index is 602. The van der Waals surface area contributed by atoms with Crippen molar-refractivity contribution < 1.29 is 8.42 Å². The highest BCUT2D eigenvalue weighted by molar-refractivity contribution is 7.99. The van der Waals surface area contributed by atoms with E-state index < -0.39 is 10.0 Å². The van der Waals surface area contributed by atoms with E-state index in [0.717, 1.165) is 0 Å². The van der Waals surface area contributed by atoms with E-state index in [1.807, 2.05) is 12.3 Å². The molecule has 0 aliphatic carbocycles. The number of benzene rings is 1. The van der Waals surface area contributed by atoms with Crippen LogP contribution in [0.3, 0.4) is 0 Å². The Morgan fingerprint density at radius 2 is 2.00 bits per heavy atom. The lowest BCUT2D eigenvalue weighted by Gasteiger charge is -2.03. The van der Waals surface area contributed by atoms with E-state index >= 15 is 0 Å². The van der Waals surface area contributed by atoms with Crippen LogP contribution >= 0.6 is 11.8 Å². The molecule has 2 rings (SSSR count). The molecule has 0 aliphatic heterocycles. The monoisotopic (exact) mass is 242 g/mol. The van der Waals surface area contributed by atoms with Crippen LogP contribution in [0.4, 0.5) is 0 Å². The van der Waals surface area contributed by atoms with Crippen molar-refractivity contribution in [3.8, 4) is 0 Å². The number of rotatable bonds is 2.